The van der Waals surface area contributed by atoms with Crippen LogP contribution in [0.1, 0.15) is 77.6 Å². The van der Waals surface area contributed by atoms with Gasteiger partial charge in [-0.1, -0.05) is 44.3 Å². The summed E-state index contributed by atoms with van der Waals surface area (Å²) in [6.45, 7) is 13.3. The third-order valence-corrected chi connectivity index (χ3v) is 8.63. The summed E-state index contributed by atoms with van der Waals surface area (Å²) in [6.07, 6.45) is 16.9. The molecular formula is C28H45N5O2. The standard InChI is InChI=1S/C28H45N5O2/c1-4-25-26(5-2)33(24-15-19-32(20-16-24)23-11-9-7-6-8-10-12-23)28(35)27(30-25)29-22-13-17-31(18-14-22)21(3)34/h4-5,22-26H,1-2,6-20H2,3H3,(H,29,30). The topological polar surface area (TPSA) is 68.2 Å². The number of aliphatic imine (C=N–C) groups is 1. The van der Waals surface area contributed by atoms with E-state index in [0.717, 1.165) is 51.9 Å². The maximum Gasteiger partial charge on any atom is 0.289 e. The van der Waals surface area contributed by atoms with Gasteiger partial charge in [-0.25, -0.2) is 0 Å². The molecule has 4 aliphatic rings. The number of piperidine rings is 2. The van der Waals surface area contributed by atoms with Gasteiger partial charge < -0.3 is 20.0 Å². The van der Waals surface area contributed by atoms with Gasteiger partial charge in [-0.2, -0.15) is 0 Å². The van der Waals surface area contributed by atoms with Gasteiger partial charge in [-0.15, -0.1) is 13.2 Å². The SMILES string of the molecule is C=CC1N=C(NC2CCN(C(C)=O)CC2)C(=O)N(C2CCN(C3CCCCCCC3)CC2)C1C=C. The quantitative estimate of drug-likeness (QED) is 0.608. The zero-order valence-corrected chi connectivity index (χ0v) is 21.7. The maximum absolute atomic E-state index is 13.7. The molecule has 3 aliphatic heterocycles. The molecule has 194 valence electrons. The summed E-state index contributed by atoms with van der Waals surface area (Å²) in [5.74, 6) is 0.565. The van der Waals surface area contributed by atoms with Gasteiger partial charge in [0.15, 0.2) is 5.84 Å². The molecule has 3 fully saturated rings. The van der Waals surface area contributed by atoms with Crippen LogP contribution in [0, 0.1) is 0 Å². The molecule has 0 aromatic carbocycles. The Morgan fingerprint density at radius 1 is 0.886 bits per heavy atom. The minimum Gasteiger partial charge on any atom is -0.363 e. The smallest absolute Gasteiger partial charge is 0.289 e. The summed E-state index contributed by atoms with van der Waals surface area (Å²) in [7, 11) is 0. The first-order valence-electron chi connectivity index (χ1n) is 13.9. The number of hydrogen-bond acceptors (Lipinski definition) is 5. The van der Waals surface area contributed by atoms with E-state index in [9.17, 15) is 9.59 Å². The molecule has 1 aliphatic carbocycles. The Labute approximate surface area is 211 Å². The van der Waals surface area contributed by atoms with Crippen LogP contribution >= 0.6 is 0 Å². The first kappa shape index (κ1) is 25.9. The number of amidine groups is 1. The van der Waals surface area contributed by atoms with Gasteiger partial charge >= 0.3 is 0 Å². The van der Waals surface area contributed by atoms with Gasteiger partial charge in [0, 0.05) is 51.2 Å². The van der Waals surface area contributed by atoms with Gasteiger partial charge in [0.1, 0.15) is 0 Å². The van der Waals surface area contributed by atoms with E-state index >= 15 is 0 Å². The summed E-state index contributed by atoms with van der Waals surface area (Å²) in [6, 6.07) is 0.729. The molecule has 1 saturated carbocycles. The fourth-order valence-corrected chi connectivity index (χ4v) is 6.52. The van der Waals surface area contributed by atoms with Crippen LogP contribution in [0.3, 0.4) is 0 Å². The van der Waals surface area contributed by atoms with Gasteiger partial charge in [0.2, 0.25) is 5.91 Å². The fourth-order valence-electron chi connectivity index (χ4n) is 6.52. The van der Waals surface area contributed by atoms with E-state index in [4.69, 9.17) is 4.99 Å². The number of rotatable bonds is 5. The largest absolute Gasteiger partial charge is 0.363 e. The summed E-state index contributed by atoms with van der Waals surface area (Å²) in [4.78, 5) is 36.8. The predicted octanol–water partition coefficient (Wildman–Crippen LogP) is 3.51. The van der Waals surface area contributed by atoms with Crippen molar-refractivity contribution in [3.05, 3.63) is 25.3 Å². The molecular weight excluding hydrogens is 438 g/mol. The minimum absolute atomic E-state index is 0.00796. The molecule has 0 aromatic rings. The van der Waals surface area contributed by atoms with Crippen molar-refractivity contribution in [2.75, 3.05) is 26.2 Å². The van der Waals surface area contributed by atoms with E-state index in [1.807, 2.05) is 17.1 Å². The Morgan fingerprint density at radius 3 is 2.09 bits per heavy atom. The van der Waals surface area contributed by atoms with Crippen LogP contribution in [0.4, 0.5) is 0 Å². The van der Waals surface area contributed by atoms with Crippen molar-refractivity contribution in [1.29, 1.82) is 0 Å². The molecule has 7 heteroatoms. The van der Waals surface area contributed by atoms with E-state index in [0.29, 0.717) is 11.9 Å². The van der Waals surface area contributed by atoms with Crippen molar-refractivity contribution in [2.45, 2.75) is 108 Å². The van der Waals surface area contributed by atoms with Crippen LogP contribution in [-0.4, -0.2) is 88.7 Å². The van der Waals surface area contributed by atoms with E-state index in [1.165, 1.54) is 44.9 Å². The number of likely N-dealkylation sites (tertiary alicyclic amines) is 2. The van der Waals surface area contributed by atoms with Crippen LogP contribution in [-0.2, 0) is 9.59 Å². The molecule has 0 aromatic heterocycles. The van der Waals surface area contributed by atoms with Crippen LogP contribution < -0.4 is 5.32 Å². The van der Waals surface area contributed by atoms with E-state index in [2.05, 4.69) is 28.3 Å². The van der Waals surface area contributed by atoms with Crippen molar-refractivity contribution in [1.82, 2.24) is 20.0 Å². The second kappa shape index (κ2) is 12.2. The molecule has 7 nitrogen and oxygen atoms in total. The molecule has 1 N–H and O–H groups in total. The van der Waals surface area contributed by atoms with Gasteiger partial charge in [0.05, 0.1) is 12.1 Å². The third kappa shape index (κ3) is 6.16. The molecule has 2 saturated heterocycles. The van der Waals surface area contributed by atoms with Gasteiger partial charge in [0.25, 0.3) is 5.91 Å². The lowest BCUT2D eigenvalue weighted by atomic mass is 9.91. The lowest BCUT2D eigenvalue weighted by Crippen LogP contribution is -2.62. The summed E-state index contributed by atoms with van der Waals surface area (Å²) in [5, 5.41) is 3.45. The Balaban J connectivity index is 1.40. The summed E-state index contributed by atoms with van der Waals surface area (Å²) < 4.78 is 0. The molecule has 0 radical (unpaired) electrons. The van der Waals surface area contributed by atoms with Crippen molar-refractivity contribution >= 4 is 17.6 Å². The number of carbonyl (C=O) groups is 2. The average Bonchev–Trinajstić information content (AvgIpc) is 2.85. The second-order valence-electron chi connectivity index (χ2n) is 10.8. The number of hydrogen-bond donors (Lipinski definition) is 1. The Hall–Kier alpha value is -2.15. The monoisotopic (exact) mass is 483 g/mol. The van der Waals surface area contributed by atoms with Crippen LogP contribution in [0.2, 0.25) is 0 Å². The highest BCUT2D eigenvalue weighted by Gasteiger charge is 2.41. The van der Waals surface area contributed by atoms with Crippen molar-refractivity contribution in [2.24, 2.45) is 4.99 Å². The molecule has 3 heterocycles. The average molecular weight is 484 g/mol. The normalized spacial score (nSPS) is 28.7. The van der Waals surface area contributed by atoms with Gasteiger partial charge in [-0.3, -0.25) is 14.6 Å². The lowest BCUT2D eigenvalue weighted by molar-refractivity contribution is -0.131. The van der Waals surface area contributed by atoms with E-state index in [1.54, 1.807) is 6.92 Å². The van der Waals surface area contributed by atoms with E-state index in [-0.39, 0.29) is 36.0 Å². The highest BCUT2D eigenvalue weighted by molar-refractivity contribution is 6.38. The highest BCUT2D eigenvalue weighted by atomic mass is 16.2. The van der Waals surface area contributed by atoms with Crippen LogP contribution in [0.25, 0.3) is 0 Å². The fraction of sp³-hybridized carbons (Fsp3) is 0.750. The minimum atomic E-state index is -0.186. The van der Waals surface area contributed by atoms with Crippen molar-refractivity contribution in [3.63, 3.8) is 0 Å². The lowest BCUT2D eigenvalue weighted by Gasteiger charge is -2.46. The van der Waals surface area contributed by atoms with Gasteiger partial charge in [-0.05, 0) is 38.5 Å². The van der Waals surface area contributed by atoms with Crippen LogP contribution in [0.5, 0.6) is 0 Å². The second-order valence-corrected chi connectivity index (χ2v) is 10.8. The van der Waals surface area contributed by atoms with Crippen LogP contribution in [0.15, 0.2) is 30.3 Å². The number of amides is 2. The molecule has 4 rings (SSSR count). The van der Waals surface area contributed by atoms with E-state index < -0.39 is 0 Å². The maximum atomic E-state index is 13.7. The molecule has 0 bridgehead atoms. The Bertz CT molecular complexity index is 787. The predicted molar refractivity (Wildman–Crippen MR) is 141 cm³/mol. The third-order valence-electron chi connectivity index (χ3n) is 8.63. The number of nitrogens with zero attached hydrogens (tertiary/aromatic N) is 4. The number of nitrogens with one attached hydrogen (secondary N) is 1. The first-order valence-corrected chi connectivity index (χ1v) is 13.9. The van der Waals surface area contributed by atoms with Crippen molar-refractivity contribution < 1.29 is 9.59 Å². The molecule has 2 unspecified atom stereocenters. The zero-order valence-electron chi connectivity index (χ0n) is 21.7. The van der Waals surface area contributed by atoms with Crippen molar-refractivity contribution in [3.8, 4) is 0 Å². The first-order chi connectivity index (χ1) is 17.0. The Kier molecular flexibility index (Phi) is 9.04. The molecule has 0 spiro atoms. The zero-order chi connectivity index (χ0) is 24.8. The highest BCUT2D eigenvalue weighted by Crippen LogP contribution is 2.29. The summed E-state index contributed by atoms with van der Waals surface area (Å²) >= 11 is 0. The molecule has 2 atom stereocenters. The Morgan fingerprint density at radius 2 is 1.51 bits per heavy atom. The molecule has 35 heavy (non-hydrogen) atoms. The number of carbonyl (C=O) groups excluding carboxylic acids is 2. The summed E-state index contributed by atoms with van der Waals surface area (Å²) in [5.41, 5.74) is 0. The molecule has 2 amide bonds.